The van der Waals surface area contributed by atoms with Gasteiger partial charge in [-0.3, -0.25) is 9.59 Å². The molecule has 5 rings (SSSR count). The van der Waals surface area contributed by atoms with Gasteiger partial charge in [0, 0.05) is 25.4 Å². The van der Waals surface area contributed by atoms with Crippen molar-refractivity contribution >= 4 is 18.0 Å². The van der Waals surface area contributed by atoms with E-state index in [4.69, 9.17) is 14.4 Å². The zero-order chi connectivity index (χ0) is 24.4. The van der Waals surface area contributed by atoms with E-state index in [0.717, 1.165) is 22.3 Å². The molecule has 1 fully saturated rings. The predicted octanol–water partition coefficient (Wildman–Crippen LogP) is 3.65. The molecule has 2 N–H and O–H groups in total. The van der Waals surface area contributed by atoms with Crippen LogP contribution in [0.15, 0.2) is 59.3 Å². The summed E-state index contributed by atoms with van der Waals surface area (Å²) in [7, 11) is 0. The average molecular weight is 476 g/mol. The number of aliphatic carboxylic acids is 1. The molecule has 180 valence electrons. The fourth-order valence-electron chi connectivity index (χ4n) is 4.97. The Hall–Kier alpha value is -4.14. The zero-order valence-electron chi connectivity index (χ0n) is 19.0. The van der Waals surface area contributed by atoms with Crippen LogP contribution in [0.4, 0.5) is 4.79 Å². The summed E-state index contributed by atoms with van der Waals surface area (Å²) in [6.07, 6.45) is 1.30. The lowest BCUT2D eigenvalue weighted by Gasteiger charge is -2.16. The fraction of sp³-hybridized carbons (Fsp3) is 0.308. The zero-order valence-corrected chi connectivity index (χ0v) is 19.0. The predicted molar refractivity (Wildman–Crippen MR) is 125 cm³/mol. The maximum atomic E-state index is 12.9. The second kappa shape index (κ2) is 9.61. The Bertz CT molecular complexity index is 1220. The number of hydrogen-bond acceptors (Lipinski definition) is 6. The number of nitrogens with one attached hydrogen (secondary N) is 1. The molecule has 0 saturated carbocycles. The van der Waals surface area contributed by atoms with Crippen LogP contribution in [-0.4, -0.2) is 52.8 Å². The summed E-state index contributed by atoms with van der Waals surface area (Å²) in [5.74, 6) is -1.28. The maximum absolute atomic E-state index is 12.9. The summed E-state index contributed by atoms with van der Waals surface area (Å²) in [6.45, 7) is 1.00. The molecule has 1 saturated heterocycles. The molecule has 1 aromatic heterocycles. The van der Waals surface area contributed by atoms with E-state index in [1.807, 2.05) is 36.4 Å². The van der Waals surface area contributed by atoms with Crippen LogP contribution in [0.1, 0.15) is 45.9 Å². The Morgan fingerprint density at radius 1 is 1.09 bits per heavy atom. The van der Waals surface area contributed by atoms with E-state index in [9.17, 15) is 14.4 Å². The maximum Gasteiger partial charge on any atom is 0.407 e. The smallest absolute Gasteiger partial charge is 0.407 e. The molecule has 1 atom stereocenters. The van der Waals surface area contributed by atoms with Crippen molar-refractivity contribution in [3.63, 3.8) is 0 Å². The minimum absolute atomic E-state index is 0.0271. The molecule has 2 amide bonds. The first-order valence-corrected chi connectivity index (χ1v) is 11.5. The highest BCUT2D eigenvalue weighted by molar-refractivity contribution is 5.95. The number of likely N-dealkylation sites (tertiary alicyclic amines) is 1. The first-order valence-electron chi connectivity index (χ1n) is 11.5. The van der Waals surface area contributed by atoms with Gasteiger partial charge in [0.2, 0.25) is 0 Å². The van der Waals surface area contributed by atoms with Gasteiger partial charge in [-0.1, -0.05) is 53.7 Å². The highest BCUT2D eigenvalue weighted by Gasteiger charge is 2.31. The number of ether oxygens (including phenoxy) is 1. The third-order valence-electron chi connectivity index (χ3n) is 6.65. The normalized spacial score (nSPS) is 16.6. The van der Waals surface area contributed by atoms with E-state index < -0.39 is 12.1 Å². The molecule has 0 bridgehead atoms. The molecule has 2 heterocycles. The fourth-order valence-corrected chi connectivity index (χ4v) is 4.97. The number of benzene rings is 2. The van der Waals surface area contributed by atoms with Crippen molar-refractivity contribution in [2.45, 2.75) is 25.3 Å². The van der Waals surface area contributed by atoms with E-state index in [0.29, 0.717) is 25.2 Å². The molecular formula is C26H25N3O6. The van der Waals surface area contributed by atoms with Gasteiger partial charge in [0.15, 0.2) is 0 Å². The second-order valence-corrected chi connectivity index (χ2v) is 8.86. The first-order chi connectivity index (χ1) is 17.0. The number of carbonyl (C=O) groups excluding carboxylic acids is 2. The molecule has 2 aromatic carbocycles. The summed E-state index contributed by atoms with van der Waals surface area (Å²) in [5, 5.41) is 15.5. The highest BCUT2D eigenvalue weighted by atomic mass is 16.5. The molecule has 9 heteroatoms. The minimum atomic E-state index is -0.873. The lowest BCUT2D eigenvalue weighted by atomic mass is 9.98. The molecule has 0 spiro atoms. The molecule has 0 radical (unpaired) electrons. The summed E-state index contributed by atoms with van der Waals surface area (Å²) in [6, 6.07) is 16.2. The van der Waals surface area contributed by atoms with Gasteiger partial charge < -0.3 is 24.6 Å². The van der Waals surface area contributed by atoms with Gasteiger partial charge in [0.1, 0.15) is 24.1 Å². The van der Waals surface area contributed by atoms with Gasteiger partial charge in [-0.2, -0.15) is 0 Å². The van der Waals surface area contributed by atoms with Gasteiger partial charge in [-0.15, -0.1) is 0 Å². The Morgan fingerprint density at radius 2 is 1.77 bits per heavy atom. The Kier molecular flexibility index (Phi) is 6.22. The second-order valence-electron chi connectivity index (χ2n) is 8.86. The molecule has 2 aliphatic rings. The van der Waals surface area contributed by atoms with Crippen LogP contribution in [0.5, 0.6) is 0 Å². The largest absolute Gasteiger partial charge is 0.481 e. The van der Waals surface area contributed by atoms with Gasteiger partial charge in [-0.25, -0.2) is 4.79 Å². The van der Waals surface area contributed by atoms with Crippen LogP contribution >= 0.6 is 0 Å². The number of alkyl carbamates (subject to hydrolysis) is 1. The summed E-state index contributed by atoms with van der Waals surface area (Å²) in [5.41, 5.74) is 5.09. The average Bonchev–Trinajstić information content (AvgIpc) is 3.58. The third kappa shape index (κ3) is 4.62. The van der Waals surface area contributed by atoms with E-state index >= 15 is 0 Å². The summed E-state index contributed by atoms with van der Waals surface area (Å²) < 4.78 is 10.5. The third-order valence-corrected chi connectivity index (χ3v) is 6.65. The van der Waals surface area contributed by atoms with Crippen LogP contribution in [0.2, 0.25) is 0 Å². The van der Waals surface area contributed by atoms with Crippen LogP contribution in [0, 0.1) is 5.92 Å². The Morgan fingerprint density at radius 3 is 2.46 bits per heavy atom. The van der Waals surface area contributed by atoms with Crippen molar-refractivity contribution in [1.29, 1.82) is 0 Å². The topological polar surface area (TPSA) is 122 Å². The van der Waals surface area contributed by atoms with Crippen LogP contribution in [0.3, 0.4) is 0 Å². The number of carboxylic acid groups (broad SMARTS) is 1. The Balaban J connectivity index is 1.17. The molecule has 35 heavy (non-hydrogen) atoms. The van der Waals surface area contributed by atoms with Gasteiger partial charge in [0.05, 0.1) is 6.54 Å². The summed E-state index contributed by atoms with van der Waals surface area (Å²) >= 11 is 0. The molecule has 1 aliphatic carbocycles. The SMILES string of the molecule is O=C(O)CC1CCN(C(=O)c2conc2CNC(=O)OCC2c3ccccc3-c3ccccc32)C1. The van der Waals surface area contributed by atoms with Gasteiger partial charge in [0.25, 0.3) is 5.91 Å². The Labute approximate surface area is 201 Å². The van der Waals surface area contributed by atoms with Crippen molar-refractivity contribution in [3.05, 3.63) is 77.2 Å². The number of carboxylic acids is 1. The number of hydrogen-bond donors (Lipinski definition) is 2. The van der Waals surface area contributed by atoms with Crippen molar-refractivity contribution in [2.75, 3.05) is 19.7 Å². The monoisotopic (exact) mass is 475 g/mol. The van der Waals surface area contributed by atoms with E-state index in [1.54, 1.807) is 4.90 Å². The van der Waals surface area contributed by atoms with Crippen LogP contribution < -0.4 is 5.32 Å². The van der Waals surface area contributed by atoms with Crippen LogP contribution in [0.25, 0.3) is 11.1 Å². The molecular weight excluding hydrogens is 450 g/mol. The number of aromatic nitrogens is 1. The van der Waals surface area contributed by atoms with E-state index in [-0.39, 0.29) is 42.9 Å². The van der Waals surface area contributed by atoms with Crippen molar-refractivity contribution in [3.8, 4) is 11.1 Å². The first kappa shape index (κ1) is 22.6. The number of fused-ring (bicyclic) bond motifs is 3. The van der Waals surface area contributed by atoms with E-state index in [2.05, 4.69) is 22.6 Å². The minimum Gasteiger partial charge on any atom is -0.481 e. The van der Waals surface area contributed by atoms with Crippen LogP contribution in [-0.2, 0) is 16.1 Å². The standard InChI is InChI=1S/C26H25N3O6/c30-24(31)11-16-9-10-29(13-16)25(32)22-15-35-28-23(22)12-27-26(33)34-14-21-19-7-3-1-5-17(19)18-6-2-4-8-20(18)21/h1-8,15-16,21H,9-14H2,(H,27,33)(H,30,31). The van der Waals surface area contributed by atoms with Gasteiger partial charge in [-0.05, 0) is 34.6 Å². The van der Waals surface area contributed by atoms with Gasteiger partial charge >= 0.3 is 12.1 Å². The lowest BCUT2D eigenvalue weighted by molar-refractivity contribution is -0.138. The van der Waals surface area contributed by atoms with Crippen molar-refractivity contribution < 1.29 is 28.8 Å². The number of nitrogens with zero attached hydrogens (tertiary/aromatic N) is 2. The van der Waals surface area contributed by atoms with E-state index in [1.165, 1.54) is 6.26 Å². The van der Waals surface area contributed by atoms with Crippen molar-refractivity contribution in [1.82, 2.24) is 15.4 Å². The molecule has 9 nitrogen and oxygen atoms in total. The number of rotatable bonds is 7. The summed E-state index contributed by atoms with van der Waals surface area (Å²) in [4.78, 5) is 37.9. The molecule has 1 aliphatic heterocycles. The molecule has 1 unspecified atom stereocenters. The van der Waals surface area contributed by atoms with Crippen molar-refractivity contribution in [2.24, 2.45) is 5.92 Å². The molecule has 3 aromatic rings. The number of amides is 2. The quantitative estimate of drug-likeness (QED) is 0.535. The lowest BCUT2D eigenvalue weighted by Crippen LogP contribution is -2.31. The highest BCUT2D eigenvalue weighted by Crippen LogP contribution is 2.44. The number of carbonyl (C=O) groups is 3.